The van der Waals surface area contributed by atoms with Gasteiger partial charge in [0.2, 0.25) is 0 Å². The minimum atomic E-state index is -0.248. The number of rotatable bonds is 4. The third kappa shape index (κ3) is 3.26. The lowest BCUT2D eigenvalue weighted by Gasteiger charge is -2.27. The average molecular weight is 360 g/mol. The molecule has 0 saturated carbocycles. The van der Waals surface area contributed by atoms with Crippen molar-refractivity contribution in [2.24, 2.45) is 7.05 Å². The molecule has 0 spiro atoms. The fourth-order valence-corrected chi connectivity index (χ4v) is 2.78. The molecule has 8 nitrogen and oxygen atoms in total. The molecule has 1 aliphatic heterocycles. The van der Waals surface area contributed by atoms with E-state index in [2.05, 4.69) is 10.4 Å². The first-order valence-electron chi connectivity index (χ1n) is 8.43. The Balaban J connectivity index is 1.76. The minimum absolute atomic E-state index is 0.159. The Morgan fingerprint density at radius 2 is 2.04 bits per heavy atom. The number of nitrogens with zero attached hydrogens (tertiary/aromatic N) is 3. The highest BCUT2D eigenvalue weighted by molar-refractivity contribution is 5.91. The molecule has 1 aromatic heterocycles. The zero-order valence-corrected chi connectivity index (χ0v) is 15.7. The van der Waals surface area contributed by atoms with Gasteiger partial charge < -0.3 is 24.4 Å². The maximum atomic E-state index is 12.7. The predicted octanol–water partition coefficient (Wildman–Crippen LogP) is 2.73. The Bertz CT molecular complexity index is 818. The largest absolute Gasteiger partial charge is 0.486 e. The number of fused-ring (bicyclic) bond motifs is 1. The van der Waals surface area contributed by atoms with E-state index in [0.717, 1.165) is 17.0 Å². The van der Waals surface area contributed by atoms with E-state index in [-0.39, 0.29) is 12.1 Å². The van der Waals surface area contributed by atoms with Crippen LogP contribution >= 0.6 is 0 Å². The van der Waals surface area contributed by atoms with E-state index in [9.17, 15) is 4.79 Å². The molecule has 1 atom stereocenters. The normalized spacial score (nSPS) is 13.9. The smallest absolute Gasteiger partial charge is 0.322 e. The van der Waals surface area contributed by atoms with Crippen molar-refractivity contribution in [2.45, 2.75) is 19.9 Å². The molecule has 0 radical (unpaired) electrons. The van der Waals surface area contributed by atoms with Crippen LogP contribution in [-0.2, 0) is 7.05 Å². The molecular formula is C18H24N4O4. The number of hydrogen-bond acceptors (Lipinski definition) is 5. The van der Waals surface area contributed by atoms with Gasteiger partial charge in [0.25, 0.3) is 5.88 Å². The molecule has 0 fully saturated rings. The highest BCUT2D eigenvalue weighted by atomic mass is 16.6. The number of methoxy groups -OCH3 is 1. The van der Waals surface area contributed by atoms with E-state index in [1.807, 2.05) is 32.0 Å². The van der Waals surface area contributed by atoms with Crippen molar-refractivity contribution in [3.8, 4) is 17.4 Å². The molecule has 3 rings (SSSR count). The number of urea groups is 1. The van der Waals surface area contributed by atoms with Crippen LogP contribution in [0.4, 0.5) is 10.5 Å². The summed E-state index contributed by atoms with van der Waals surface area (Å²) in [5.74, 6) is 1.83. The predicted molar refractivity (Wildman–Crippen MR) is 97.1 cm³/mol. The van der Waals surface area contributed by atoms with Gasteiger partial charge in [-0.2, -0.15) is 0 Å². The van der Waals surface area contributed by atoms with Gasteiger partial charge in [-0.25, -0.2) is 4.79 Å². The number of ether oxygens (including phenoxy) is 3. The van der Waals surface area contributed by atoms with E-state index >= 15 is 0 Å². The van der Waals surface area contributed by atoms with E-state index in [1.165, 1.54) is 7.11 Å². The molecule has 26 heavy (non-hydrogen) atoms. The van der Waals surface area contributed by atoms with Gasteiger partial charge in [0, 0.05) is 14.1 Å². The second-order valence-electron chi connectivity index (χ2n) is 6.21. The first-order chi connectivity index (χ1) is 12.4. The fraction of sp³-hybridized carbons (Fsp3) is 0.444. The Morgan fingerprint density at radius 3 is 2.73 bits per heavy atom. The maximum absolute atomic E-state index is 12.7. The number of aromatic nitrogens is 2. The van der Waals surface area contributed by atoms with E-state index in [1.54, 1.807) is 23.7 Å². The van der Waals surface area contributed by atoms with Crippen LogP contribution in [0.3, 0.4) is 0 Å². The molecule has 1 aromatic carbocycles. The third-order valence-corrected chi connectivity index (χ3v) is 4.68. The van der Waals surface area contributed by atoms with Crippen LogP contribution in [0, 0.1) is 6.92 Å². The maximum Gasteiger partial charge on any atom is 0.322 e. The van der Waals surface area contributed by atoms with Gasteiger partial charge in [-0.1, -0.05) is 6.07 Å². The van der Waals surface area contributed by atoms with E-state index in [0.29, 0.717) is 30.5 Å². The number of amides is 2. The zero-order chi connectivity index (χ0) is 18.8. The second-order valence-corrected chi connectivity index (χ2v) is 6.21. The van der Waals surface area contributed by atoms with Crippen molar-refractivity contribution >= 4 is 11.7 Å². The summed E-state index contributed by atoms with van der Waals surface area (Å²) in [5.41, 5.74) is 2.35. The minimum Gasteiger partial charge on any atom is -0.486 e. The van der Waals surface area contributed by atoms with Crippen molar-refractivity contribution in [3.63, 3.8) is 0 Å². The first kappa shape index (κ1) is 17.9. The highest BCUT2D eigenvalue weighted by Crippen LogP contribution is 2.34. The van der Waals surface area contributed by atoms with Gasteiger partial charge >= 0.3 is 6.03 Å². The molecule has 1 aliphatic rings. The summed E-state index contributed by atoms with van der Waals surface area (Å²) < 4.78 is 18.1. The van der Waals surface area contributed by atoms with Crippen molar-refractivity contribution < 1.29 is 19.0 Å². The topological polar surface area (TPSA) is 77.9 Å². The lowest BCUT2D eigenvalue weighted by Crippen LogP contribution is -2.34. The molecule has 2 aromatic rings. The average Bonchev–Trinajstić information content (AvgIpc) is 2.94. The van der Waals surface area contributed by atoms with Crippen LogP contribution in [0.5, 0.6) is 17.4 Å². The van der Waals surface area contributed by atoms with Crippen LogP contribution in [0.1, 0.15) is 24.2 Å². The van der Waals surface area contributed by atoms with Crippen molar-refractivity contribution in [2.75, 3.05) is 32.7 Å². The second kappa shape index (κ2) is 7.15. The van der Waals surface area contributed by atoms with Crippen LogP contribution in [0.2, 0.25) is 0 Å². The molecule has 1 N–H and O–H groups in total. The molecule has 0 saturated heterocycles. The molecule has 8 heteroatoms. The highest BCUT2D eigenvalue weighted by Gasteiger charge is 2.23. The number of carbonyl (C=O) groups is 1. The fourth-order valence-electron chi connectivity index (χ4n) is 2.78. The summed E-state index contributed by atoms with van der Waals surface area (Å²) in [5, 5.41) is 7.11. The van der Waals surface area contributed by atoms with Gasteiger partial charge in [-0.3, -0.25) is 4.68 Å². The number of hydrogen-bond donors (Lipinski definition) is 1. The van der Waals surface area contributed by atoms with E-state index in [4.69, 9.17) is 14.2 Å². The number of carbonyl (C=O) groups excluding carboxylic acids is 1. The quantitative estimate of drug-likeness (QED) is 0.907. The Kier molecular flexibility index (Phi) is 4.92. The summed E-state index contributed by atoms with van der Waals surface area (Å²) >= 11 is 0. The van der Waals surface area contributed by atoms with Crippen LogP contribution in [0.25, 0.3) is 0 Å². The van der Waals surface area contributed by atoms with Gasteiger partial charge in [0.05, 0.1) is 18.8 Å². The summed E-state index contributed by atoms with van der Waals surface area (Å²) in [6.45, 7) is 4.91. The van der Waals surface area contributed by atoms with Crippen LogP contribution in [-0.4, -0.2) is 48.1 Å². The van der Waals surface area contributed by atoms with Crippen LogP contribution in [0.15, 0.2) is 18.2 Å². The summed E-state index contributed by atoms with van der Waals surface area (Å²) in [6, 6.07) is 5.33. The zero-order valence-electron chi connectivity index (χ0n) is 15.7. The van der Waals surface area contributed by atoms with Gasteiger partial charge in [-0.15, -0.1) is 5.10 Å². The SMILES string of the molecule is COc1nn(C)c(C)c1NC(=O)N(C)[C@@H](C)c1ccc2c(c1)OCCO2. The Hall–Kier alpha value is -2.90. The summed E-state index contributed by atoms with van der Waals surface area (Å²) in [7, 11) is 5.07. The number of anilines is 1. The van der Waals surface area contributed by atoms with Crippen LogP contribution < -0.4 is 19.5 Å². The van der Waals surface area contributed by atoms with Crippen molar-refractivity contribution in [3.05, 3.63) is 29.5 Å². The molecule has 2 heterocycles. The monoisotopic (exact) mass is 360 g/mol. The van der Waals surface area contributed by atoms with Crippen molar-refractivity contribution in [1.82, 2.24) is 14.7 Å². The molecule has 2 amide bonds. The molecule has 0 bridgehead atoms. The number of benzene rings is 1. The summed E-state index contributed by atoms with van der Waals surface area (Å²) in [4.78, 5) is 14.3. The number of aryl methyl sites for hydroxylation is 1. The molecule has 0 unspecified atom stereocenters. The van der Waals surface area contributed by atoms with Crippen molar-refractivity contribution in [1.29, 1.82) is 0 Å². The van der Waals surface area contributed by atoms with Gasteiger partial charge in [0.1, 0.15) is 18.9 Å². The van der Waals surface area contributed by atoms with Gasteiger partial charge in [0.15, 0.2) is 11.5 Å². The lowest BCUT2D eigenvalue weighted by molar-refractivity contribution is 0.170. The van der Waals surface area contributed by atoms with Gasteiger partial charge in [-0.05, 0) is 31.5 Å². The molecule has 0 aliphatic carbocycles. The first-order valence-corrected chi connectivity index (χ1v) is 8.43. The van der Waals surface area contributed by atoms with E-state index < -0.39 is 0 Å². The molecular weight excluding hydrogens is 336 g/mol. The molecule has 140 valence electrons. The lowest BCUT2D eigenvalue weighted by atomic mass is 10.1. The number of nitrogens with one attached hydrogen (secondary N) is 1. The third-order valence-electron chi connectivity index (χ3n) is 4.68. The summed E-state index contributed by atoms with van der Waals surface area (Å²) in [6.07, 6.45) is 0. The Morgan fingerprint density at radius 1 is 1.35 bits per heavy atom. The standard InChI is InChI=1S/C18H24N4O4/c1-11(13-6-7-14-15(10-13)26-9-8-25-14)21(3)18(23)19-16-12(2)22(4)20-17(16)24-5/h6-7,10-11H,8-9H2,1-5H3,(H,19,23)/t11-/m0/s1. The Labute approximate surface area is 152 Å².